The maximum Gasteiger partial charge on any atom is 0.472 e. The molecule has 0 fully saturated rings. The summed E-state index contributed by atoms with van der Waals surface area (Å²) in [5.41, 5.74) is 0. The first-order chi connectivity index (χ1) is 52.2. The minimum Gasteiger partial charge on any atom is -0.462 e. The summed E-state index contributed by atoms with van der Waals surface area (Å²) in [4.78, 5) is 73.4. The number of rotatable bonds is 87. The van der Waals surface area contributed by atoms with Gasteiger partial charge in [-0.3, -0.25) is 37.3 Å². The first-order valence-corrected chi connectivity index (χ1v) is 48.8. The van der Waals surface area contributed by atoms with Gasteiger partial charge in [0.2, 0.25) is 0 Å². The molecule has 0 aliphatic rings. The van der Waals surface area contributed by atoms with Crippen LogP contribution in [0.1, 0.15) is 472 Å². The Morgan fingerprint density at radius 1 is 0.250 bits per heavy atom. The molecule has 19 heteroatoms. The minimum absolute atomic E-state index is 0.108. The topological polar surface area (TPSA) is 237 Å². The van der Waals surface area contributed by atoms with Crippen molar-refractivity contribution in [1.82, 2.24) is 0 Å². The van der Waals surface area contributed by atoms with Crippen molar-refractivity contribution >= 4 is 39.5 Å². The van der Waals surface area contributed by atoms with Gasteiger partial charge in [0.1, 0.15) is 19.3 Å². The van der Waals surface area contributed by atoms with E-state index in [1.807, 2.05) is 0 Å². The Balaban J connectivity index is 5.25. The van der Waals surface area contributed by atoms with Crippen LogP contribution in [0.5, 0.6) is 0 Å². The third-order valence-electron chi connectivity index (χ3n) is 20.9. The quantitative estimate of drug-likeness (QED) is 0.0222. The number of phosphoric acid groups is 2. The Morgan fingerprint density at radius 3 is 0.630 bits per heavy atom. The SMILES string of the molecule is CCCCCCCCCCCCCCCCCCCC(=O)O[C@H](COC(=O)CCCCCCCCCCCC(C)C)COP(=O)(O)OC[C@H](O)COP(=O)(O)OC[C@@H](COC(=O)CCCCCCCCCCCCCCCCCC(C)C)OC(=O)CCCCCCCCCCCCCCCCCCCCC(C)C. The number of ether oxygens (including phenoxy) is 4. The van der Waals surface area contributed by atoms with Crippen molar-refractivity contribution in [3.05, 3.63) is 0 Å². The molecule has 17 nitrogen and oxygen atoms in total. The fourth-order valence-corrected chi connectivity index (χ4v) is 15.5. The van der Waals surface area contributed by atoms with E-state index < -0.39 is 97.5 Å². The lowest BCUT2D eigenvalue weighted by Crippen LogP contribution is -2.30. The summed E-state index contributed by atoms with van der Waals surface area (Å²) in [6.45, 7) is 12.0. The Kier molecular flexibility index (Phi) is 77.5. The molecule has 0 rings (SSSR count). The molecule has 0 heterocycles. The predicted octanol–water partition coefficient (Wildman–Crippen LogP) is 27.3. The van der Waals surface area contributed by atoms with Crippen molar-refractivity contribution < 1.29 is 80.2 Å². The number of carbonyl (C=O) groups excluding carboxylic acids is 4. The number of aliphatic hydroxyl groups excluding tert-OH is 1. The van der Waals surface area contributed by atoms with Gasteiger partial charge in [0.15, 0.2) is 12.2 Å². The third kappa shape index (κ3) is 82.1. The zero-order valence-corrected chi connectivity index (χ0v) is 73.1. The van der Waals surface area contributed by atoms with Gasteiger partial charge in [-0.15, -0.1) is 0 Å². The van der Waals surface area contributed by atoms with E-state index in [1.165, 1.54) is 283 Å². The number of esters is 4. The summed E-state index contributed by atoms with van der Waals surface area (Å²) in [6, 6.07) is 0. The maximum absolute atomic E-state index is 13.2. The second-order valence-corrected chi connectivity index (χ2v) is 36.3. The van der Waals surface area contributed by atoms with Crippen LogP contribution in [0.15, 0.2) is 0 Å². The average Bonchev–Trinajstić information content (AvgIpc) is 0.897. The Labute approximate surface area is 664 Å². The highest BCUT2D eigenvalue weighted by Gasteiger charge is 2.31. The molecule has 108 heavy (non-hydrogen) atoms. The zero-order valence-electron chi connectivity index (χ0n) is 71.3. The second-order valence-electron chi connectivity index (χ2n) is 33.4. The number of hydrogen-bond donors (Lipinski definition) is 3. The van der Waals surface area contributed by atoms with Crippen LogP contribution in [-0.2, 0) is 65.4 Å². The highest BCUT2D eigenvalue weighted by Crippen LogP contribution is 2.45. The Morgan fingerprint density at radius 2 is 0.426 bits per heavy atom. The third-order valence-corrected chi connectivity index (χ3v) is 22.8. The van der Waals surface area contributed by atoms with E-state index in [0.29, 0.717) is 25.7 Å². The van der Waals surface area contributed by atoms with Gasteiger partial charge in [0.25, 0.3) is 0 Å². The van der Waals surface area contributed by atoms with E-state index in [1.54, 1.807) is 0 Å². The first-order valence-electron chi connectivity index (χ1n) is 45.8. The highest BCUT2D eigenvalue weighted by molar-refractivity contribution is 7.47. The van der Waals surface area contributed by atoms with Crippen LogP contribution in [0.3, 0.4) is 0 Å². The van der Waals surface area contributed by atoms with E-state index in [9.17, 15) is 43.2 Å². The van der Waals surface area contributed by atoms with Crippen LogP contribution in [0.4, 0.5) is 0 Å². The molecule has 5 atom stereocenters. The van der Waals surface area contributed by atoms with E-state index in [-0.39, 0.29) is 25.7 Å². The fraction of sp³-hybridized carbons (Fsp3) is 0.955. The fourth-order valence-electron chi connectivity index (χ4n) is 13.9. The first kappa shape index (κ1) is 106. The molecule has 3 N–H and O–H groups in total. The van der Waals surface area contributed by atoms with Gasteiger partial charge >= 0.3 is 39.5 Å². The number of hydrogen-bond acceptors (Lipinski definition) is 15. The van der Waals surface area contributed by atoms with Gasteiger partial charge in [-0.2, -0.15) is 0 Å². The van der Waals surface area contributed by atoms with Crippen LogP contribution in [0, 0.1) is 17.8 Å². The Hall–Kier alpha value is -1.94. The molecule has 0 radical (unpaired) electrons. The van der Waals surface area contributed by atoms with Gasteiger partial charge in [-0.1, -0.05) is 421 Å². The van der Waals surface area contributed by atoms with Crippen molar-refractivity contribution in [2.24, 2.45) is 17.8 Å². The van der Waals surface area contributed by atoms with Gasteiger partial charge in [-0.25, -0.2) is 9.13 Å². The molecule has 0 aliphatic carbocycles. The molecule has 0 spiro atoms. The predicted molar refractivity (Wildman–Crippen MR) is 446 cm³/mol. The van der Waals surface area contributed by atoms with E-state index in [4.69, 9.17) is 37.0 Å². The molecule has 0 saturated carbocycles. The van der Waals surface area contributed by atoms with Crippen molar-refractivity contribution in [3.63, 3.8) is 0 Å². The zero-order chi connectivity index (χ0) is 79.3. The number of unbranched alkanes of at least 4 members (excludes halogenated alkanes) is 55. The molecule has 0 amide bonds. The molecule has 0 aromatic heterocycles. The van der Waals surface area contributed by atoms with Crippen LogP contribution in [0.2, 0.25) is 0 Å². The lowest BCUT2D eigenvalue weighted by atomic mass is 10.0. The van der Waals surface area contributed by atoms with Gasteiger partial charge in [-0.05, 0) is 43.4 Å². The standard InChI is InChI=1S/C89H174O17P2/c1-8-9-10-11-12-13-14-15-16-19-25-31-36-43-51-58-65-72-89(94)106-85(77-100-87(92)71-64-57-50-45-38-41-48-55-62-69-82(6)7)79-104-108(97,98)102-75-83(90)74-101-107(95,96)103-78-84(76-99-86(91)70-63-56-49-42-35-30-27-22-24-29-34-40-47-54-61-68-81(4)5)105-88(93)73-66-59-52-44-37-32-26-21-18-17-20-23-28-33-39-46-53-60-67-80(2)3/h80-85,90H,8-79H2,1-7H3,(H,95,96)(H,97,98)/t83-,84-,85-/m1/s1. The van der Waals surface area contributed by atoms with Crippen LogP contribution in [0.25, 0.3) is 0 Å². The normalized spacial score (nSPS) is 13.8. The summed E-state index contributed by atoms with van der Waals surface area (Å²) in [5.74, 6) is 0.271. The molecular weight excluding hydrogens is 1400 g/mol. The summed E-state index contributed by atoms with van der Waals surface area (Å²) >= 11 is 0. The van der Waals surface area contributed by atoms with E-state index in [0.717, 1.165) is 108 Å². The van der Waals surface area contributed by atoms with Crippen LogP contribution >= 0.6 is 15.6 Å². The van der Waals surface area contributed by atoms with Crippen molar-refractivity contribution in [2.45, 2.75) is 491 Å². The highest BCUT2D eigenvalue weighted by atomic mass is 31.2. The minimum atomic E-state index is -4.97. The van der Waals surface area contributed by atoms with Gasteiger partial charge in [0.05, 0.1) is 26.4 Å². The number of phosphoric ester groups is 2. The molecular formula is C89H174O17P2. The lowest BCUT2D eigenvalue weighted by Gasteiger charge is -2.21. The van der Waals surface area contributed by atoms with E-state index in [2.05, 4.69) is 48.5 Å². The number of aliphatic hydroxyl groups is 1. The van der Waals surface area contributed by atoms with Crippen molar-refractivity contribution in [1.29, 1.82) is 0 Å². The molecule has 0 bridgehead atoms. The Bertz CT molecular complexity index is 2080. The van der Waals surface area contributed by atoms with Crippen molar-refractivity contribution in [3.8, 4) is 0 Å². The summed E-state index contributed by atoms with van der Waals surface area (Å²) in [7, 11) is -9.93. The largest absolute Gasteiger partial charge is 0.472 e. The molecule has 0 aromatic rings. The lowest BCUT2D eigenvalue weighted by molar-refractivity contribution is -0.161. The van der Waals surface area contributed by atoms with Crippen molar-refractivity contribution in [2.75, 3.05) is 39.6 Å². The second kappa shape index (κ2) is 78.9. The molecule has 2 unspecified atom stereocenters. The molecule has 642 valence electrons. The molecule has 0 aromatic carbocycles. The van der Waals surface area contributed by atoms with Gasteiger partial charge in [0, 0.05) is 25.7 Å². The number of carbonyl (C=O) groups is 4. The molecule has 0 aliphatic heterocycles. The molecule has 0 saturated heterocycles. The smallest absolute Gasteiger partial charge is 0.462 e. The van der Waals surface area contributed by atoms with Gasteiger partial charge < -0.3 is 33.8 Å². The summed E-state index contributed by atoms with van der Waals surface area (Å²) in [6.07, 6.45) is 70.8. The summed E-state index contributed by atoms with van der Waals surface area (Å²) in [5, 5.41) is 10.7. The monoisotopic (exact) mass is 1580 g/mol. The van der Waals surface area contributed by atoms with Crippen LogP contribution in [-0.4, -0.2) is 96.7 Å². The van der Waals surface area contributed by atoms with Crippen LogP contribution < -0.4 is 0 Å². The average molecular weight is 1580 g/mol. The van der Waals surface area contributed by atoms with E-state index >= 15 is 0 Å². The maximum atomic E-state index is 13.2. The summed E-state index contributed by atoms with van der Waals surface area (Å²) < 4.78 is 69.0.